The first-order valence-corrected chi connectivity index (χ1v) is 20.1. The van der Waals surface area contributed by atoms with E-state index in [1.165, 1.54) is 55.3 Å². The fraction of sp³-hybridized carbons (Fsp3) is 0.0536. The van der Waals surface area contributed by atoms with E-state index >= 15 is 0 Å². The van der Waals surface area contributed by atoms with E-state index < -0.39 is 0 Å². The number of nitrogens with one attached hydrogen (secondary N) is 1. The van der Waals surface area contributed by atoms with E-state index in [9.17, 15) is 0 Å². The van der Waals surface area contributed by atoms with Crippen LogP contribution in [0, 0.1) is 5.41 Å². The van der Waals surface area contributed by atoms with E-state index in [4.69, 9.17) is 10.4 Å². The SMILES string of the molecule is CC1(C)c2cc3ccccc3cc2-c2cccc(-c3cccc(-c4ccc(C=N/C(=C\C(=N)c5ccccc5)c5cccc(-c6cccnc6)c5)c5ccccc45)c3)c21. The van der Waals surface area contributed by atoms with E-state index in [-0.39, 0.29) is 5.41 Å². The fourth-order valence-electron chi connectivity index (χ4n) is 8.91. The quantitative estimate of drug-likeness (QED) is 0.154. The lowest BCUT2D eigenvalue weighted by Crippen LogP contribution is -2.16. The fourth-order valence-corrected chi connectivity index (χ4v) is 8.91. The van der Waals surface area contributed by atoms with Gasteiger partial charge < -0.3 is 5.41 Å². The van der Waals surface area contributed by atoms with Crippen LogP contribution in [0.25, 0.3) is 71.7 Å². The van der Waals surface area contributed by atoms with Crippen LogP contribution in [0.2, 0.25) is 0 Å². The molecule has 0 radical (unpaired) electrons. The number of hydrogen-bond acceptors (Lipinski definition) is 3. The average molecular weight is 756 g/mol. The van der Waals surface area contributed by atoms with Gasteiger partial charge in [-0.15, -0.1) is 0 Å². The topological polar surface area (TPSA) is 49.1 Å². The summed E-state index contributed by atoms with van der Waals surface area (Å²) in [6.07, 6.45) is 7.46. The van der Waals surface area contributed by atoms with Crippen molar-refractivity contribution in [2.24, 2.45) is 4.99 Å². The summed E-state index contributed by atoms with van der Waals surface area (Å²) in [5.41, 5.74) is 16.0. The van der Waals surface area contributed by atoms with Crippen LogP contribution in [0.1, 0.15) is 41.7 Å². The first-order chi connectivity index (χ1) is 28.9. The van der Waals surface area contributed by atoms with E-state index in [0.29, 0.717) is 11.4 Å². The lowest BCUT2D eigenvalue weighted by atomic mass is 9.78. The van der Waals surface area contributed by atoms with Crippen LogP contribution in [0.15, 0.2) is 205 Å². The van der Waals surface area contributed by atoms with Crippen molar-refractivity contribution in [3.05, 3.63) is 228 Å². The minimum absolute atomic E-state index is 0.151. The molecule has 0 amide bonds. The number of pyridine rings is 1. The van der Waals surface area contributed by atoms with Crippen LogP contribution in [0.4, 0.5) is 0 Å². The predicted molar refractivity (Wildman–Crippen MR) is 248 cm³/mol. The molecule has 59 heavy (non-hydrogen) atoms. The van der Waals surface area contributed by atoms with E-state index in [2.05, 4.69) is 158 Å². The van der Waals surface area contributed by atoms with Crippen molar-refractivity contribution in [2.45, 2.75) is 19.3 Å². The predicted octanol–water partition coefficient (Wildman–Crippen LogP) is 14.2. The van der Waals surface area contributed by atoms with Gasteiger partial charge >= 0.3 is 0 Å². The van der Waals surface area contributed by atoms with Gasteiger partial charge in [0, 0.05) is 40.7 Å². The Morgan fingerprint density at radius 3 is 2.00 bits per heavy atom. The summed E-state index contributed by atoms with van der Waals surface area (Å²) in [6, 6.07) is 64.4. The molecule has 0 unspecified atom stereocenters. The molecule has 1 N–H and O–H groups in total. The normalized spacial score (nSPS) is 13.2. The Bertz CT molecular complexity index is 3140. The molecule has 0 aliphatic heterocycles. The van der Waals surface area contributed by atoms with Gasteiger partial charge in [-0.05, 0) is 114 Å². The van der Waals surface area contributed by atoms with Gasteiger partial charge in [0.2, 0.25) is 0 Å². The molecule has 0 saturated carbocycles. The van der Waals surface area contributed by atoms with Gasteiger partial charge in [-0.2, -0.15) is 0 Å². The zero-order valence-corrected chi connectivity index (χ0v) is 33.0. The number of aliphatic imine (C=N–C) groups is 1. The molecule has 280 valence electrons. The van der Waals surface area contributed by atoms with Crippen LogP contribution in [-0.4, -0.2) is 16.9 Å². The third-order valence-electron chi connectivity index (χ3n) is 11.8. The largest absolute Gasteiger partial charge is 0.300 e. The molecule has 3 heteroatoms. The highest BCUT2D eigenvalue weighted by Crippen LogP contribution is 2.53. The van der Waals surface area contributed by atoms with Crippen molar-refractivity contribution in [3.63, 3.8) is 0 Å². The Kier molecular flexibility index (Phi) is 8.99. The minimum Gasteiger partial charge on any atom is -0.300 e. The van der Waals surface area contributed by atoms with E-state index in [1.54, 1.807) is 6.20 Å². The summed E-state index contributed by atoms with van der Waals surface area (Å²) < 4.78 is 0. The Morgan fingerprint density at radius 2 is 1.19 bits per heavy atom. The van der Waals surface area contributed by atoms with Gasteiger partial charge in [0.1, 0.15) is 0 Å². The van der Waals surface area contributed by atoms with Crippen LogP contribution in [0.3, 0.4) is 0 Å². The van der Waals surface area contributed by atoms with Gasteiger partial charge in [0.05, 0.1) is 11.4 Å². The number of nitrogens with zero attached hydrogens (tertiary/aromatic N) is 2. The summed E-state index contributed by atoms with van der Waals surface area (Å²) in [7, 11) is 0. The number of allylic oxidation sites excluding steroid dienone is 1. The molecule has 0 spiro atoms. The Morgan fingerprint density at radius 1 is 0.525 bits per heavy atom. The summed E-state index contributed by atoms with van der Waals surface area (Å²) in [4.78, 5) is 9.47. The molecule has 1 heterocycles. The van der Waals surface area contributed by atoms with Crippen molar-refractivity contribution in [2.75, 3.05) is 0 Å². The lowest BCUT2D eigenvalue weighted by molar-refractivity contribution is 0.663. The maximum absolute atomic E-state index is 9.01. The number of hydrogen-bond donors (Lipinski definition) is 1. The molecule has 10 rings (SSSR count). The van der Waals surface area contributed by atoms with Crippen molar-refractivity contribution in [1.82, 2.24) is 4.98 Å². The monoisotopic (exact) mass is 755 g/mol. The first kappa shape index (κ1) is 35.9. The van der Waals surface area contributed by atoms with E-state index in [1.807, 2.05) is 61.0 Å². The highest BCUT2D eigenvalue weighted by molar-refractivity contribution is 6.12. The average Bonchev–Trinajstić information content (AvgIpc) is 3.52. The summed E-state index contributed by atoms with van der Waals surface area (Å²) >= 11 is 0. The third kappa shape index (κ3) is 6.57. The zero-order chi connectivity index (χ0) is 39.9. The summed E-state index contributed by atoms with van der Waals surface area (Å²) in [5, 5.41) is 13.8. The molecule has 9 aromatic rings. The van der Waals surface area contributed by atoms with Crippen molar-refractivity contribution in [1.29, 1.82) is 5.41 Å². The second-order valence-electron chi connectivity index (χ2n) is 15.8. The van der Waals surface area contributed by atoms with Gasteiger partial charge in [-0.25, -0.2) is 0 Å². The van der Waals surface area contributed by atoms with Crippen LogP contribution in [-0.2, 0) is 5.41 Å². The Hall–Kier alpha value is -7.49. The molecular formula is C56H41N3. The molecule has 3 nitrogen and oxygen atoms in total. The third-order valence-corrected chi connectivity index (χ3v) is 11.8. The standard InChI is InChI=1S/C56H41N3/c1-56(2)52-33-40-17-7-6-16-39(40)32-51(52)50-26-12-25-48(55(50)56)42-20-11-19-41(31-42)47-28-27-45(46-23-8-9-24-49(46)47)36-59-54(34-53(57)37-14-4-3-5-15-37)43-21-10-18-38(30-43)44-22-13-29-58-35-44/h3-36,57H,1-2H3/b54-34-,57-53?,59-36?. The second-order valence-corrected chi connectivity index (χ2v) is 15.8. The van der Waals surface area contributed by atoms with Crippen molar-refractivity contribution < 1.29 is 0 Å². The maximum atomic E-state index is 9.01. The van der Waals surface area contributed by atoms with Crippen LogP contribution < -0.4 is 0 Å². The number of aromatic nitrogens is 1. The van der Waals surface area contributed by atoms with Crippen LogP contribution in [0.5, 0.6) is 0 Å². The molecule has 0 atom stereocenters. The lowest BCUT2D eigenvalue weighted by Gasteiger charge is -2.25. The first-order valence-electron chi connectivity index (χ1n) is 20.1. The second kappa shape index (κ2) is 14.8. The zero-order valence-electron chi connectivity index (χ0n) is 33.0. The van der Waals surface area contributed by atoms with Crippen LogP contribution >= 0.6 is 0 Å². The molecule has 0 fully saturated rings. The summed E-state index contributed by atoms with van der Waals surface area (Å²) in [6.45, 7) is 4.74. The maximum Gasteiger partial charge on any atom is 0.0723 e. The van der Waals surface area contributed by atoms with E-state index in [0.717, 1.165) is 38.6 Å². The molecule has 8 aromatic carbocycles. The number of fused-ring (bicyclic) bond motifs is 5. The highest BCUT2D eigenvalue weighted by Gasteiger charge is 2.37. The molecule has 0 saturated heterocycles. The van der Waals surface area contributed by atoms with Gasteiger partial charge in [0.15, 0.2) is 0 Å². The molecule has 1 aliphatic carbocycles. The Balaban J connectivity index is 1.04. The molecular weight excluding hydrogens is 715 g/mol. The number of benzene rings is 8. The minimum atomic E-state index is -0.151. The molecule has 0 bridgehead atoms. The number of rotatable bonds is 8. The summed E-state index contributed by atoms with van der Waals surface area (Å²) in [5.74, 6) is 0. The highest BCUT2D eigenvalue weighted by atomic mass is 14.7. The molecule has 1 aromatic heterocycles. The smallest absolute Gasteiger partial charge is 0.0723 e. The van der Waals surface area contributed by atoms with Gasteiger partial charge in [-0.1, -0.05) is 166 Å². The molecule has 1 aliphatic rings. The Labute approximate surface area is 345 Å². The van der Waals surface area contributed by atoms with Crippen molar-refractivity contribution in [3.8, 4) is 44.5 Å². The van der Waals surface area contributed by atoms with Gasteiger partial charge in [0.25, 0.3) is 0 Å². The van der Waals surface area contributed by atoms with Crippen molar-refractivity contribution >= 4 is 39.2 Å². The van der Waals surface area contributed by atoms with Gasteiger partial charge in [-0.3, -0.25) is 9.98 Å².